The van der Waals surface area contributed by atoms with Crippen molar-refractivity contribution in [2.75, 3.05) is 7.11 Å². The van der Waals surface area contributed by atoms with Crippen LogP contribution in [0.3, 0.4) is 0 Å². The van der Waals surface area contributed by atoms with Crippen LogP contribution in [0.5, 0.6) is 0 Å². The maximum atomic E-state index is 11.6. The first-order valence-electron chi connectivity index (χ1n) is 5.97. The third-order valence-electron chi connectivity index (χ3n) is 2.55. The van der Waals surface area contributed by atoms with Crippen molar-refractivity contribution < 1.29 is 9.53 Å². The van der Waals surface area contributed by atoms with Crippen molar-refractivity contribution in [3.63, 3.8) is 0 Å². The zero-order valence-electron chi connectivity index (χ0n) is 11.2. The Hall–Kier alpha value is -1.07. The number of nitrogens with one attached hydrogen (secondary N) is 1. The second-order valence-electron chi connectivity index (χ2n) is 4.51. The van der Waals surface area contributed by atoms with E-state index in [-0.39, 0.29) is 18.1 Å². The van der Waals surface area contributed by atoms with Gasteiger partial charge in [-0.15, -0.1) is 0 Å². The van der Waals surface area contributed by atoms with Gasteiger partial charge in [0.15, 0.2) is 0 Å². The highest BCUT2D eigenvalue weighted by molar-refractivity contribution is 6.31. The molecule has 1 atom stereocenters. The summed E-state index contributed by atoms with van der Waals surface area (Å²) in [5, 5.41) is 8.07. The molecule has 102 valence electrons. The third kappa shape index (κ3) is 4.31. The van der Waals surface area contributed by atoms with Crippen molar-refractivity contribution in [1.82, 2.24) is 15.1 Å². The van der Waals surface area contributed by atoms with Crippen LogP contribution >= 0.6 is 11.6 Å². The molecule has 5 nitrogen and oxygen atoms in total. The number of aryl methyl sites for hydroxylation is 2. The van der Waals surface area contributed by atoms with E-state index in [9.17, 15) is 4.79 Å². The fourth-order valence-electron chi connectivity index (χ4n) is 1.68. The maximum absolute atomic E-state index is 11.6. The van der Waals surface area contributed by atoms with Crippen molar-refractivity contribution >= 4 is 17.6 Å². The minimum absolute atomic E-state index is 0.219. The van der Waals surface area contributed by atoms with Gasteiger partial charge in [-0.25, -0.2) is 0 Å². The van der Waals surface area contributed by atoms with Crippen LogP contribution < -0.4 is 5.32 Å². The standard InChI is InChI=1S/C12H20ClN3O2/c1-8(2)14-11(12(17)18-4)5-6-16-7-10(13)9(3)15-16/h7-8,11,14H,5-6H2,1-4H3. The van der Waals surface area contributed by atoms with E-state index in [1.165, 1.54) is 7.11 Å². The summed E-state index contributed by atoms with van der Waals surface area (Å²) < 4.78 is 6.52. The van der Waals surface area contributed by atoms with Crippen LogP contribution in [0.25, 0.3) is 0 Å². The molecule has 18 heavy (non-hydrogen) atoms. The third-order valence-corrected chi connectivity index (χ3v) is 2.92. The van der Waals surface area contributed by atoms with Crippen molar-refractivity contribution in [3.05, 3.63) is 16.9 Å². The molecule has 0 aliphatic rings. The van der Waals surface area contributed by atoms with Gasteiger partial charge >= 0.3 is 5.97 Å². The van der Waals surface area contributed by atoms with Gasteiger partial charge in [0, 0.05) is 18.8 Å². The zero-order valence-corrected chi connectivity index (χ0v) is 12.0. The SMILES string of the molecule is COC(=O)C(CCn1cc(Cl)c(C)n1)NC(C)C. The predicted octanol–water partition coefficient (Wildman–Crippen LogP) is 1.77. The fourth-order valence-corrected chi connectivity index (χ4v) is 1.83. The minimum Gasteiger partial charge on any atom is -0.468 e. The molecule has 0 fully saturated rings. The Bertz CT molecular complexity index is 385. The van der Waals surface area contributed by atoms with Crippen LogP contribution in [-0.2, 0) is 16.1 Å². The molecule has 0 spiro atoms. The molecule has 0 radical (unpaired) electrons. The van der Waals surface area contributed by atoms with Crippen molar-refractivity contribution in [3.8, 4) is 0 Å². The number of hydrogen-bond donors (Lipinski definition) is 1. The van der Waals surface area contributed by atoms with E-state index >= 15 is 0 Å². The lowest BCUT2D eigenvalue weighted by Crippen LogP contribution is -2.42. The summed E-state index contributed by atoms with van der Waals surface area (Å²) in [5.41, 5.74) is 0.795. The van der Waals surface area contributed by atoms with Gasteiger partial charge in [0.1, 0.15) is 6.04 Å². The second kappa shape index (κ2) is 6.75. The monoisotopic (exact) mass is 273 g/mol. The van der Waals surface area contributed by atoms with Crippen LogP contribution in [-0.4, -0.2) is 34.9 Å². The molecule has 0 amide bonds. The van der Waals surface area contributed by atoms with Gasteiger partial charge in [-0.2, -0.15) is 5.10 Å². The summed E-state index contributed by atoms with van der Waals surface area (Å²) in [7, 11) is 1.40. The number of esters is 1. The molecule has 0 aliphatic heterocycles. The number of halogens is 1. The maximum Gasteiger partial charge on any atom is 0.322 e. The Kier molecular flexibility index (Phi) is 5.62. The molecule has 6 heteroatoms. The molecular formula is C12H20ClN3O2. The smallest absolute Gasteiger partial charge is 0.322 e. The van der Waals surface area contributed by atoms with E-state index in [1.807, 2.05) is 20.8 Å². The highest BCUT2D eigenvalue weighted by Gasteiger charge is 2.19. The average Bonchev–Trinajstić information content (AvgIpc) is 2.62. The van der Waals surface area contributed by atoms with E-state index in [0.717, 1.165) is 5.69 Å². The number of carbonyl (C=O) groups is 1. The normalized spacial score (nSPS) is 12.8. The van der Waals surface area contributed by atoms with E-state index in [2.05, 4.69) is 10.4 Å². The van der Waals surface area contributed by atoms with Gasteiger partial charge in [-0.05, 0) is 13.3 Å². The predicted molar refractivity (Wildman–Crippen MR) is 70.7 cm³/mol. The first kappa shape index (κ1) is 15.0. The Morgan fingerprint density at radius 1 is 1.61 bits per heavy atom. The van der Waals surface area contributed by atoms with Gasteiger partial charge in [0.05, 0.1) is 17.8 Å². The summed E-state index contributed by atoms with van der Waals surface area (Å²) in [6.45, 7) is 6.45. The highest BCUT2D eigenvalue weighted by atomic mass is 35.5. The first-order valence-corrected chi connectivity index (χ1v) is 6.35. The Morgan fingerprint density at radius 3 is 2.72 bits per heavy atom. The van der Waals surface area contributed by atoms with Gasteiger partial charge in [-0.3, -0.25) is 9.48 Å². The lowest BCUT2D eigenvalue weighted by Gasteiger charge is -2.18. The van der Waals surface area contributed by atoms with Crippen LogP contribution in [0.1, 0.15) is 26.0 Å². The van der Waals surface area contributed by atoms with Gasteiger partial charge in [-0.1, -0.05) is 25.4 Å². The van der Waals surface area contributed by atoms with Crippen molar-refractivity contribution in [2.45, 2.75) is 45.8 Å². The van der Waals surface area contributed by atoms with Crippen LogP contribution in [0.15, 0.2) is 6.20 Å². The number of rotatable bonds is 6. The van der Waals surface area contributed by atoms with E-state index < -0.39 is 0 Å². The van der Waals surface area contributed by atoms with E-state index in [1.54, 1.807) is 10.9 Å². The van der Waals surface area contributed by atoms with Crippen LogP contribution in [0, 0.1) is 6.92 Å². The summed E-state index contributed by atoms with van der Waals surface area (Å²) in [6.07, 6.45) is 2.38. The second-order valence-corrected chi connectivity index (χ2v) is 4.92. The number of carbonyl (C=O) groups excluding carboxylic acids is 1. The average molecular weight is 274 g/mol. The summed E-state index contributed by atoms with van der Waals surface area (Å²) in [5.74, 6) is -0.251. The first-order chi connectivity index (χ1) is 8.43. The number of aromatic nitrogens is 2. The Labute approximate surface area is 112 Å². The van der Waals surface area contributed by atoms with Gasteiger partial charge in [0.2, 0.25) is 0 Å². The van der Waals surface area contributed by atoms with Crippen LogP contribution in [0.4, 0.5) is 0 Å². The van der Waals surface area contributed by atoms with Crippen molar-refractivity contribution in [1.29, 1.82) is 0 Å². The molecule has 0 saturated carbocycles. The summed E-state index contributed by atoms with van der Waals surface area (Å²) >= 11 is 5.93. The van der Waals surface area contributed by atoms with Crippen LogP contribution in [0.2, 0.25) is 5.02 Å². The largest absolute Gasteiger partial charge is 0.468 e. The Morgan fingerprint density at radius 2 is 2.28 bits per heavy atom. The van der Waals surface area contributed by atoms with E-state index in [4.69, 9.17) is 16.3 Å². The zero-order chi connectivity index (χ0) is 13.7. The summed E-state index contributed by atoms with van der Waals surface area (Å²) in [6, 6.07) is -0.102. The van der Waals surface area contributed by atoms with Crippen molar-refractivity contribution in [2.24, 2.45) is 0 Å². The number of ether oxygens (including phenoxy) is 1. The molecule has 0 aliphatic carbocycles. The number of hydrogen-bond acceptors (Lipinski definition) is 4. The molecule has 1 N–H and O–H groups in total. The minimum atomic E-state index is -0.321. The quantitative estimate of drug-likeness (QED) is 0.803. The fraction of sp³-hybridized carbons (Fsp3) is 0.667. The lowest BCUT2D eigenvalue weighted by atomic mass is 10.2. The Balaban J connectivity index is 2.58. The summed E-state index contributed by atoms with van der Waals surface area (Å²) in [4.78, 5) is 11.6. The molecule has 0 bridgehead atoms. The molecule has 1 aromatic rings. The molecular weight excluding hydrogens is 254 g/mol. The topological polar surface area (TPSA) is 56.2 Å². The van der Waals surface area contributed by atoms with Gasteiger partial charge < -0.3 is 10.1 Å². The molecule has 0 aromatic carbocycles. The molecule has 1 unspecified atom stereocenters. The molecule has 0 saturated heterocycles. The number of methoxy groups -OCH3 is 1. The van der Waals surface area contributed by atoms with Gasteiger partial charge in [0.25, 0.3) is 0 Å². The molecule has 1 aromatic heterocycles. The molecule has 1 rings (SSSR count). The number of nitrogens with zero attached hydrogens (tertiary/aromatic N) is 2. The van der Waals surface area contributed by atoms with E-state index in [0.29, 0.717) is 18.0 Å². The highest BCUT2D eigenvalue weighted by Crippen LogP contribution is 2.12. The molecule has 1 heterocycles. The lowest BCUT2D eigenvalue weighted by molar-refractivity contribution is -0.143.